The van der Waals surface area contributed by atoms with Crippen LogP contribution in [-0.4, -0.2) is 0 Å². The van der Waals surface area contributed by atoms with E-state index in [1.165, 1.54) is 89.5 Å². The average molecular weight is 851 g/mol. The molecular weight excluding hydrogens is 797 g/mol. The van der Waals surface area contributed by atoms with Gasteiger partial charge in [-0.3, -0.25) is 0 Å². The van der Waals surface area contributed by atoms with Gasteiger partial charge in [-0.15, -0.1) is 0 Å². The third kappa shape index (κ3) is 6.88. The molecule has 1 heterocycles. The van der Waals surface area contributed by atoms with Gasteiger partial charge in [0.15, 0.2) is 0 Å². The van der Waals surface area contributed by atoms with E-state index in [9.17, 15) is 0 Å². The third-order valence-electron chi connectivity index (χ3n) is 14.5. The van der Waals surface area contributed by atoms with Gasteiger partial charge in [0.1, 0.15) is 0 Å². The van der Waals surface area contributed by atoms with Gasteiger partial charge in [-0.2, -0.15) is 0 Å². The Kier molecular flexibility index (Phi) is 10.4. The molecule has 9 aromatic carbocycles. The van der Waals surface area contributed by atoms with Gasteiger partial charge in [0.05, 0.1) is 17.1 Å². The van der Waals surface area contributed by atoms with Crippen LogP contribution in [0.25, 0.3) is 45.5 Å². The first kappa shape index (κ1) is 41.1. The van der Waals surface area contributed by atoms with Crippen LogP contribution in [-0.2, 0) is 10.8 Å². The van der Waals surface area contributed by atoms with Crippen molar-refractivity contribution in [2.45, 2.75) is 51.4 Å². The van der Waals surface area contributed by atoms with Crippen molar-refractivity contribution >= 4 is 46.3 Å². The first-order valence-electron chi connectivity index (χ1n) is 23.5. The molecule has 0 fully saturated rings. The van der Waals surface area contributed by atoms with Gasteiger partial charge in [0.2, 0.25) is 0 Å². The fourth-order valence-corrected chi connectivity index (χ4v) is 11.0. The van der Waals surface area contributed by atoms with E-state index in [1.54, 1.807) is 0 Å². The summed E-state index contributed by atoms with van der Waals surface area (Å²) in [5, 5.41) is 0. The standard InChI is InChI=1S/C64H54N2/c1-5-64(6-2)58-42-46(34-39-54(58)55-41-38-52(44-59(55)64)65(50-22-12-8-13-23-50)51-24-14-9-15-25-51)31-30-45-32-35-47(36-33-45)49-37-40-53(48-20-10-7-11-21-48)62(43-49)66-60-28-18-16-26-56(60)63(3,4)57-27-17-19-29-61(57)66/h7-44H,5-6H2,1-4H3. The zero-order valence-corrected chi connectivity index (χ0v) is 38.2. The summed E-state index contributed by atoms with van der Waals surface area (Å²) in [7, 11) is 0. The molecule has 66 heavy (non-hydrogen) atoms. The average Bonchev–Trinajstić information content (AvgIpc) is 3.65. The highest BCUT2D eigenvalue weighted by atomic mass is 15.2. The van der Waals surface area contributed by atoms with Gasteiger partial charge in [0, 0.05) is 33.5 Å². The predicted octanol–water partition coefficient (Wildman–Crippen LogP) is 17.9. The Balaban J connectivity index is 0.914. The molecule has 0 unspecified atom stereocenters. The Morgan fingerprint density at radius 1 is 0.379 bits per heavy atom. The molecule has 11 rings (SSSR count). The van der Waals surface area contributed by atoms with Crippen LogP contribution in [0.5, 0.6) is 0 Å². The van der Waals surface area contributed by atoms with Crippen LogP contribution in [0.2, 0.25) is 0 Å². The SMILES string of the molecule is CCC1(CC)c2cc(C=Cc3ccc(-c4ccc(-c5ccccc5)c(N5c6ccccc6C(C)(C)c6ccccc65)c4)cc3)ccc2-c2ccc(N(c3ccccc3)c3ccccc3)cc21. The Hall–Kier alpha value is -7.68. The summed E-state index contributed by atoms with van der Waals surface area (Å²) < 4.78 is 0. The number of anilines is 6. The lowest BCUT2D eigenvalue weighted by Crippen LogP contribution is -2.30. The lowest BCUT2D eigenvalue weighted by atomic mass is 9.73. The molecular formula is C64H54N2. The van der Waals surface area contributed by atoms with Crippen molar-refractivity contribution in [3.05, 3.63) is 252 Å². The van der Waals surface area contributed by atoms with Gasteiger partial charge < -0.3 is 9.80 Å². The number of hydrogen-bond acceptors (Lipinski definition) is 2. The molecule has 2 aliphatic rings. The van der Waals surface area contributed by atoms with Crippen molar-refractivity contribution in [3.8, 4) is 33.4 Å². The molecule has 1 aliphatic carbocycles. The summed E-state index contributed by atoms with van der Waals surface area (Å²) >= 11 is 0. The molecule has 320 valence electrons. The summed E-state index contributed by atoms with van der Waals surface area (Å²) in [6.45, 7) is 9.41. The van der Waals surface area contributed by atoms with E-state index in [0.29, 0.717) is 0 Å². The Morgan fingerprint density at radius 2 is 0.864 bits per heavy atom. The van der Waals surface area contributed by atoms with Gasteiger partial charge in [0.25, 0.3) is 0 Å². The van der Waals surface area contributed by atoms with E-state index >= 15 is 0 Å². The number of fused-ring (bicyclic) bond motifs is 5. The molecule has 1 aliphatic heterocycles. The minimum Gasteiger partial charge on any atom is -0.310 e. The van der Waals surface area contributed by atoms with Crippen LogP contribution in [0.4, 0.5) is 34.1 Å². The van der Waals surface area contributed by atoms with Crippen LogP contribution in [0.1, 0.15) is 73.9 Å². The van der Waals surface area contributed by atoms with Gasteiger partial charge >= 0.3 is 0 Å². The van der Waals surface area contributed by atoms with Crippen LogP contribution >= 0.6 is 0 Å². The lowest BCUT2D eigenvalue weighted by Gasteiger charge is -2.42. The normalized spacial score (nSPS) is 14.0. The second kappa shape index (κ2) is 16.7. The number of para-hydroxylation sites is 4. The highest BCUT2D eigenvalue weighted by Crippen LogP contribution is 2.56. The molecule has 2 heteroatoms. The van der Waals surface area contributed by atoms with Crippen LogP contribution in [0.3, 0.4) is 0 Å². The Morgan fingerprint density at radius 3 is 1.47 bits per heavy atom. The summed E-state index contributed by atoms with van der Waals surface area (Å²) in [5.74, 6) is 0. The lowest BCUT2D eigenvalue weighted by molar-refractivity contribution is 0.490. The summed E-state index contributed by atoms with van der Waals surface area (Å²) in [5.41, 5.74) is 22.3. The first-order valence-corrected chi connectivity index (χ1v) is 23.5. The molecule has 0 aromatic heterocycles. The molecule has 2 nitrogen and oxygen atoms in total. The number of rotatable bonds is 10. The van der Waals surface area contributed by atoms with Crippen LogP contribution in [0.15, 0.2) is 218 Å². The van der Waals surface area contributed by atoms with Crippen molar-refractivity contribution < 1.29 is 0 Å². The molecule has 0 spiro atoms. The molecule has 0 N–H and O–H groups in total. The predicted molar refractivity (Wildman–Crippen MR) is 281 cm³/mol. The van der Waals surface area contributed by atoms with Gasteiger partial charge in [-0.25, -0.2) is 0 Å². The first-order chi connectivity index (χ1) is 32.4. The maximum Gasteiger partial charge on any atom is 0.0546 e. The van der Waals surface area contributed by atoms with Crippen molar-refractivity contribution in [3.63, 3.8) is 0 Å². The number of nitrogens with zero attached hydrogens (tertiary/aromatic N) is 2. The number of benzene rings is 9. The Labute approximate surface area is 390 Å². The topological polar surface area (TPSA) is 6.48 Å². The van der Waals surface area contributed by atoms with E-state index in [2.05, 4.69) is 268 Å². The van der Waals surface area contributed by atoms with E-state index in [0.717, 1.165) is 24.2 Å². The third-order valence-corrected chi connectivity index (χ3v) is 14.5. The molecule has 0 amide bonds. The minimum atomic E-state index is -0.129. The van der Waals surface area contributed by atoms with Crippen LogP contribution in [0, 0.1) is 0 Å². The molecule has 0 saturated heterocycles. The van der Waals surface area contributed by atoms with Crippen molar-refractivity contribution in [1.29, 1.82) is 0 Å². The minimum absolute atomic E-state index is 0.0747. The van der Waals surface area contributed by atoms with E-state index in [1.807, 2.05) is 0 Å². The molecule has 0 atom stereocenters. The van der Waals surface area contributed by atoms with Gasteiger partial charge in [-0.1, -0.05) is 204 Å². The molecule has 0 saturated carbocycles. The highest BCUT2D eigenvalue weighted by molar-refractivity contribution is 5.95. The molecule has 9 aromatic rings. The maximum atomic E-state index is 2.49. The van der Waals surface area contributed by atoms with Crippen molar-refractivity contribution in [1.82, 2.24) is 0 Å². The summed E-state index contributed by atoms with van der Waals surface area (Å²) in [6.07, 6.45) is 6.60. The second-order valence-electron chi connectivity index (χ2n) is 18.4. The van der Waals surface area contributed by atoms with Crippen molar-refractivity contribution in [2.75, 3.05) is 9.80 Å². The quantitative estimate of drug-likeness (QED) is 0.127. The second-order valence-corrected chi connectivity index (χ2v) is 18.4. The monoisotopic (exact) mass is 850 g/mol. The Bertz CT molecular complexity index is 3140. The zero-order valence-electron chi connectivity index (χ0n) is 38.2. The van der Waals surface area contributed by atoms with E-state index in [4.69, 9.17) is 0 Å². The smallest absolute Gasteiger partial charge is 0.0546 e. The van der Waals surface area contributed by atoms with Gasteiger partial charge in [-0.05, 0) is 129 Å². The van der Waals surface area contributed by atoms with Crippen molar-refractivity contribution in [2.24, 2.45) is 0 Å². The van der Waals surface area contributed by atoms with E-state index < -0.39 is 0 Å². The summed E-state index contributed by atoms with van der Waals surface area (Å²) in [4.78, 5) is 4.87. The fourth-order valence-electron chi connectivity index (χ4n) is 11.0. The maximum absolute atomic E-state index is 2.49. The van der Waals surface area contributed by atoms with E-state index in [-0.39, 0.29) is 10.8 Å². The summed E-state index contributed by atoms with van der Waals surface area (Å²) in [6, 6.07) is 80.3. The molecule has 0 bridgehead atoms. The zero-order chi connectivity index (χ0) is 44.8. The fraction of sp³-hybridized carbons (Fsp3) is 0.125. The number of hydrogen-bond donors (Lipinski definition) is 0. The highest BCUT2D eigenvalue weighted by Gasteiger charge is 2.41. The largest absolute Gasteiger partial charge is 0.310 e. The molecule has 0 radical (unpaired) electrons. The van der Waals surface area contributed by atoms with Crippen LogP contribution < -0.4 is 9.80 Å².